The van der Waals surface area contributed by atoms with Crippen molar-refractivity contribution in [2.75, 3.05) is 33.8 Å². The smallest absolute Gasteiger partial charge is 0.303 e. The lowest BCUT2D eigenvalue weighted by Crippen LogP contribution is -2.68. The van der Waals surface area contributed by atoms with Crippen molar-refractivity contribution in [3.05, 3.63) is 78.4 Å². The Morgan fingerprint density at radius 1 is 1.10 bits per heavy atom. The number of benzene rings is 2. The molecule has 0 bridgehead atoms. The lowest BCUT2D eigenvalue weighted by atomic mass is 9.55. The molecule has 2 aromatic carbocycles. The minimum absolute atomic E-state index is 0.0812. The second kappa shape index (κ2) is 13.5. The van der Waals surface area contributed by atoms with Crippen molar-refractivity contribution in [3.8, 4) is 5.75 Å². The molecule has 2 aromatic rings. The average molecular weight is 547 g/mol. The molecule has 1 saturated carbocycles. The molecule has 216 valence electrons. The molecule has 1 saturated heterocycles. The minimum Gasteiger partial charge on any atom is -0.497 e. The van der Waals surface area contributed by atoms with E-state index in [1.165, 1.54) is 12.5 Å². The van der Waals surface area contributed by atoms with Gasteiger partial charge in [-0.1, -0.05) is 55.0 Å². The van der Waals surface area contributed by atoms with E-state index in [2.05, 4.69) is 47.9 Å². The predicted molar refractivity (Wildman–Crippen MR) is 159 cm³/mol. The molecular weight excluding hydrogens is 500 g/mol. The molecule has 4 rings (SSSR count). The number of carbonyl (C=O) groups excluding carboxylic acids is 2. The summed E-state index contributed by atoms with van der Waals surface area (Å²) < 4.78 is 12.0. The number of methoxy groups -OCH3 is 1. The van der Waals surface area contributed by atoms with Gasteiger partial charge in [0.15, 0.2) is 0 Å². The number of esters is 1. The Hall–Kier alpha value is -3.12. The second-order valence-corrected chi connectivity index (χ2v) is 11.6. The van der Waals surface area contributed by atoms with Gasteiger partial charge in [0.2, 0.25) is 5.91 Å². The van der Waals surface area contributed by atoms with E-state index in [0.717, 1.165) is 69.3 Å². The van der Waals surface area contributed by atoms with E-state index in [1.807, 2.05) is 36.2 Å². The van der Waals surface area contributed by atoms with E-state index < -0.39 is 11.0 Å². The molecule has 3 atom stereocenters. The zero-order valence-electron chi connectivity index (χ0n) is 24.6. The van der Waals surface area contributed by atoms with Gasteiger partial charge >= 0.3 is 5.97 Å². The number of nitrogens with zero attached hydrogens (tertiary/aromatic N) is 2. The summed E-state index contributed by atoms with van der Waals surface area (Å²) in [5.41, 5.74) is 1.38. The van der Waals surface area contributed by atoms with Gasteiger partial charge in [0.1, 0.15) is 11.4 Å². The standard InChI is InChI=1S/C34H46N2O4/c1-5-22-36-23-21-33(29-16-12-17-31(24-29)39-4)25-30(19-20-34(33,26-36)40-27(2)37)35(3)32(38)18-11-7-10-15-28-13-8-6-9-14-28/h5-6,8-9,12-14,16-17,24,30H,1,7,10-11,15,18-23,25-26H2,2-4H3/t30-,33-,34-/m0/s1. The van der Waals surface area contributed by atoms with Crippen LogP contribution in [0.15, 0.2) is 67.3 Å². The van der Waals surface area contributed by atoms with E-state index >= 15 is 0 Å². The monoisotopic (exact) mass is 546 g/mol. The van der Waals surface area contributed by atoms with E-state index in [1.54, 1.807) is 7.11 Å². The number of piperidine rings is 1. The number of hydrogen-bond acceptors (Lipinski definition) is 5. The minimum atomic E-state index is -0.676. The first kappa shape index (κ1) is 29.9. The lowest BCUT2D eigenvalue weighted by molar-refractivity contribution is -0.189. The van der Waals surface area contributed by atoms with Crippen LogP contribution in [0, 0.1) is 0 Å². The third kappa shape index (κ3) is 6.60. The van der Waals surface area contributed by atoms with Gasteiger partial charge in [-0.15, -0.1) is 6.58 Å². The zero-order valence-corrected chi connectivity index (χ0v) is 24.6. The highest BCUT2D eigenvalue weighted by atomic mass is 16.6. The first-order valence-corrected chi connectivity index (χ1v) is 14.8. The molecule has 1 aliphatic heterocycles. The van der Waals surface area contributed by atoms with E-state index in [-0.39, 0.29) is 17.9 Å². The summed E-state index contributed by atoms with van der Waals surface area (Å²) in [6.45, 7) is 7.73. The fourth-order valence-corrected chi connectivity index (χ4v) is 7.06. The Morgan fingerprint density at radius 3 is 2.62 bits per heavy atom. The molecule has 2 fully saturated rings. The summed E-state index contributed by atoms with van der Waals surface area (Å²) >= 11 is 0. The molecule has 6 nitrogen and oxygen atoms in total. The van der Waals surface area contributed by atoms with Crippen molar-refractivity contribution >= 4 is 11.9 Å². The van der Waals surface area contributed by atoms with Crippen LogP contribution < -0.4 is 4.74 Å². The molecule has 0 radical (unpaired) electrons. The number of fused-ring (bicyclic) bond motifs is 1. The van der Waals surface area contributed by atoms with Crippen LogP contribution in [0.25, 0.3) is 0 Å². The quantitative estimate of drug-likeness (QED) is 0.187. The summed E-state index contributed by atoms with van der Waals surface area (Å²) in [6, 6.07) is 18.8. The van der Waals surface area contributed by atoms with Gasteiger partial charge in [-0.2, -0.15) is 0 Å². The number of aryl methyl sites for hydroxylation is 1. The van der Waals surface area contributed by atoms with Crippen molar-refractivity contribution in [1.82, 2.24) is 9.80 Å². The molecule has 40 heavy (non-hydrogen) atoms. The number of carbonyl (C=O) groups is 2. The van der Waals surface area contributed by atoms with Gasteiger partial charge in [-0.05, 0) is 74.8 Å². The maximum absolute atomic E-state index is 13.4. The van der Waals surface area contributed by atoms with Crippen LogP contribution in [0.3, 0.4) is 0 Å². The van der Waals surface area contributed by atoms with Gasteiger partial charge in [0, 0.05) is 44.9 Å². The number of ether oxygens (including phenoxy) is 2. The van der Waals surface area contributed by atoms with Crippen LogP contribution >= 0.6 is 0 Å². The third-order valence-corrected chi connectivity index (χ3v) is 9.16. The van der Waals surface area contributed by atoms with Crippen LogP contribution in [-0.4, -0.2) is 67.1 Å². The number of rotatable bonds is 12. The zero-order chi connectivity index (χ0) is 28.6. The van der Waals surface area contributed by atoms with Crippen molar-refractivity contribution in [3.63, 3.8) is 0 Å². The van der Waals surface area contributed by atoms with Crippen LogP contribution in [0.4, 0.5) is 0 Å². The highest BCUT2D eigenvalue weighted by Gasteiger charge is 2.61. The largest absolute Gasteiger partial charge is 0.497 e. The average Bonchev–Trinajstić information content (AvgIpc) is 2.96. The van der Waals surface area contributed by atoms with Crippen molar-refractivity contribution in [2.24, 2.45) is 0 Å². The van der Waals surface area contributed by atoms with Gasteiger partial charge in [0.05, 0.1) is 7.11 Å². The summed E-state index contributed by atoms with van der Waals surface area (Å²) in [5.74, 6) is 0.736. The first-order valence-electron chi connectivity index (χ1n) is 14.8. The van der Waals surface area contributed by atoms with Crippen molar-refractivity contribution in [1.29, 1.82) is 0 Å². The van der Waals surface area contributed by atoms with Crippen molar-refractivity contribution < 1.29 is 19.1 Å². The molecule has 1 heterocycles. The maximum Gasteiger partial charge on any atom is 0.303 e. The van der Waals surface area contributed by atoms with Gasteiger partial charge < -0.3 is 14.4 Å². The molecule has 2 aliphatic rings. The summed E-state index contributed by atoms with van der Waals surface area (Å²) in [7, 11) is 3.64. The Kier molecular flexibility index (Phi) is 10.1. The summed E-state index contributed by atoms with van der Waals surface area (Å²) in [6.07, 6.45) is 9.67. The highest BCUT2D eigenvalue weighted by molar-refractivity contribution is 5.76. The molecule has 0 unspecified atom stereocenters. The normalized spacial score (nSPS) is 24.5. The summed E-state index contributed by atoms with van der Waals surface area (Å²) in [4.78, 5) is 30.2. The van der Waals surface area contributed by atoms with Crippen molar-refractivity contribution in [2.45, 2.75) is 81.8 Å². The molecule has 0 aromatic heterocycles. The maximum atomic E-state index is 13.4. The number of amides is 1. The van der Waals surface area contributed by atoms with Crippen LogP contribution in [-0.2, 0) is 26.2 Å². The molecule has 6 heteroatoms. The Labute approximate surface area is 240 Å². The molecule has 0 spiro atoms. The van der Waals surface area contributed by atoms with E-state index in [4.69, 9.17) is 9.47 Å². The van der Waals surface area contributed by atoms with E-state index in [0.29, 0.717) is 19.4 Å². The molecule has 1 aliphatic carbocycles. The molecule has 1 amide bonds. The predicted octanol–water partition coefficient (Wildman–Crippen LogP) is 5.94. The molecule has 0 N–H and O–H groups in total. The topological polar surface area (TPSA) is 59.1 Å². The van der Waals surface area contributed by atoms with E-state index in [9.17, 15) is 9.59 Å². The number of hydrogen-bond donors (Lipinski definition) is 0. The van der Waals surface area contributed by atoms with Gasteiger partial charge in [-0.3, -0.25) is 14.5 Å². The number of unbranched alkanes of at least 4 members (excludes halogenated alkanes) is 2. The Morgan fingerprint density at radius 2 is 1.90 bits per heavy atom. The Balaban J connectivity index is 1.51. The fourth-order valence-electron chi connectivity index (χ4n) is 7.06. The van der Waals surface area contributed by atoms with Crippen LogP contribution in [0.5, 0.6) is 5.75 Å². The van der Waals surface area contributed by atoms with Crippen LogP contribution in [0.2, 0.25) is 0 Å². The fraction of sp³-hybridized carbons (Fsp3) is 0.529. The Bertz CT molecular complexity index is 1150. The van der Waals surface area contributed by atoms with Crippen LogP contribution in [0.1, 0.15) is 69.4 Å². The lowest BCUT2D eigenvalue weighted by Gasteiger charge is -2.60. The van der Waals surface area contributed by atoms with Gasteiger partial charge in [0.25, 0.3) is 0 Å². The second-order valence-electron chi connectivity index (χ2n) is 11.6. The first-order chi connectivity index (χ1) is 19.3. The molecular formula is C34H46N2O4. The summed E-state index contributed by atoms with van der Waals surface area (Å²) in [5, 5.41) is 0. The third-order valence-electron chi connectivity index (χ3n) is 9.16. The number of likely N-dealkylation sites (tertiary alicyclic amines) is 1. The SMILES string of the molecule is C=CCN1CC[C@@]2(c3cccc(OC)c3)C[C@@H](N(C)C(=O)CCCCCc3ccccc3)CC[C@]2(OC(C)=O)C1. The highest BCUT2D eigenvalue weighted by Crippen LogP contribution is 2.54. The van der Waals surface area contributed by atoms with Gasteiger partial charge in [-0.25, -0.2) is 0 Å².